The second kappa shape index (κ2) is 4.30. The lowest BCUT2D eigenvalue weighted by molar-refractivity contribution is -0.131. The summed E-state index contributed by atoms with van der Waals surface area (Å²) in [6, 6.07) is 0.434. The molecule has 0 radical (unpaired) electrons. The summed E-state index contributed by atoms with van der Waals surface area (Å²) in [6.07, 6.45) is 12.6. The third-order valence-corrected chi connectivity index (χ3v) is 5.39. The summed E-state index contributed by atoms with van der Waals surface area (Å²) in [6.45, 7) is 1.01. The second-order valence-electron chi connectivity index (χ2n) is 6.25. The monoisotopic (exact) mass is 223 g/mol. The van der Waals surface area contributed by atoms with Crippen LogP contribution < -0.4 is 5.73 Å². The highest BCUT2D eigenvalue weighted by Gasteiger charge is 2.55. The van der Waals surface area contributed by atoms with E-state index >= 15 is 0 Å². The molecule has 0 aromatic carbocycles. The van der Waals surface area contributed by atoms with Crippen molar-refractivity contribution in [2.75, 3.05) is 6.61 Å². The van der Waals surface area contributed by atoms with Crippen LogP contribution >= 0.6 is 0 Å². The zero-order valence-electron chi connectivity index (χ0n) is 10.3. The molecule has 0 aromatic heterocycles. The molecule has 2 nitrogen and oxygen atoms in total. The largest absolute Gasteiger partial charge is 0.377 e. The minimum Gasteiger partial charge on any atom is -0.377 e. The summed E-state index contributed by atoms with van der Waals surface area (Å²) >= 11 is 0. The molecular weight excluding hydrogens is 198 g/mol. The Morgan fingerprint density at radius 2 is 1.75 bits per heavy atom. The van der Waals surface area contributed by atoms with Gasteiger partial charge in [-0.1, -0.05) is 25.7 Å². The first-order chi connectivity index (χ1) is 7.81. The van der Waals surface area contributed by atoms with Crippen molar-refractivity contribution >= 4 is 0 Å². The maximum atomic E-state index is 6.21. The Morgan fingerprint density at radius 3 is 2.38 bits per heavy atom. The summed E-state index contributed by atoms with van der Waals surface area (Å²) in [5.41, 5.74) is 6.61. The molecular formula is C14H25NO. The van der Waals surface area contributed by atoms with Gasteiger partial charge in [0, 0.05) is 18.1 Å². The number of hydrogen-bond acceptors (Lipinski definition) is 2. The van der Waals surface area contributed by atoms with Gasteiger partial charge >= 0.3 is 0 Å². The zero-order valence-corrected chi connectivity index (χ0v) is 10.3. The van der Waals surface area contributed by atoms with Gasteiger partial charge in [0.25, 0.3) is 0 Å². The van der Waals surface area contributed by atoms with Crippen molar-refractivity contribution in [3.8, 4) is 0 Å². The van der Waals surface area contributed by atoms with E-state index in [0.717, 1.165) is 18.9 Å². The molecule has 0 aliphatic heterocycles. The molecule has 0 amide bonds. The molecule has 0 bridgehead atoms. The van der Waals surface area contributed by atoms with Crippen LogP contribution in [0.2, 0.25) is 0 Å². The maximum absolute atomic E-state index is 6.21. The minimum atomic E-state index is 0.401. The molecule has 2 unspecified atom stereocenters. The lowest BCUT2D eigenvalue weighted by Crippen LogP contribution is -2.61. The van der Waals surface area contributed by atoms with Crippen molar-refractivity contribution in [2.45, 2.75) is 69.9 Å². The van der Waals surface area contributed by atoms with Crippen LogP contribution in [0.15, 0.2) is 0 Å². The normalized spacial score (nSPS) is 38.1. The average molecular weight is 223 g/mol. The van der Waals surface area contributed by atoms with Crippen LogP contribution in [-0.2, 0) is 4.74 Å². The van der Waals surface area contributed by atoms with Crippen LogP contribution in [0.1, 0.15) is 57.8 Å². The van der Waals surface area contributed by atoms with E-state index < -0.39 is 0 Å². The van der Waals surface area contributed by atoms with E-state index in [0.29, 0.717) is 17.6 Å². The van der Waals surface area contributed by atoms with E-state index in [9.17, 15) is 0 Å². The average Bonchev–Trinajstić information content (AvgIpc) is 2.95. The molecule has 3 aliphatic carbocycles. The van der Waals surface area contributed by atoms with Gasteiger partial charge in [-0.15, -0.1) is 0 Å². The van der Waals surface area contributed by atoms with E-state index in [-0.39, 0.29) is 0 Å². The van der Waals surface area contributed by atoms with Crippen molar-refractivity contribution in [1.82, 2.24) is 0 Å². The van der Waals surface area contributed by atoms with Gasteiger partial charge < -0.3 is 10.5 Å². The molecule has 92 valence electrons. The van der Waals surface area contributed by atoms with Crippen molar-refractivity contribution in [3.63, 3.8) is 0 Å². The Bertz CT molecular complexity index is 241. The molecule has 3 rings (SSSR count). The summed E-state index contributed by atoms with van der Waals surface area (Å²) < 4.78 is 6.19. The van der Waals surface area contributed by atoms with Gasteiger partial charge in [-0.2, -0.15) is 0 Å². The summed E-state index contributed by atoms with van der Waals surface area (Å²) in [4.78, 5) is 0. The SMILES string of the molecule is NC1CC(OCC2CCCC2)C12CCCC2. The van der Waals surface area contributed by atoms with Crippen LogP contribution in [0.4, 0.5) is 0 Å². The summed E-state index contributed by atoms with van der Waals surface area (Å²) in [7, 11) is 0. The van der Waals surface area contributed by atoms with Gasteiger partial charge in [0.1, 0.15) is 0 Å². The first-order valence-electron chi connectivity index (χ1n) is 7.18. The van der Waals surface area contributed by atoms with Gasteiger partial charge in [0.05, 0.1) is 6.10 Å². The molecule has 2 heteroatoms. The van der Waals surface area contributed by atoms with Gasteiger partial charge in [-0.25, -0.2) is 0 Å². The standard InChI is InChI=1S/C14H25NO/c15-12-9-13(14(12)7-3-4-8-14)16-10-11-5-1-2-6-11/h11-13H,1-10,15H2. The highest BCUT2D eigenvalue weighted by molar-refractivity contribution is 5.08. The van der Waals surface area contributed by atoms with Crippen LogP contribution in [0.5, 0.6) is 0 Å². The van der Waals surface area contributed by atoms with E-state index in [1.165, 1.54) is 51.4 Å². The predicted molar refractivity (Wildman–Crippen MR) is 65.2 cm³/mol. The molecule has 2 N–H and O–H groups in total. The Balaban J connectivity index is 1.51. The maximum Gasteiger partial charge on any atom is 0.0661 e. The highest BCUT2D eigenvalue weighted by Crippen LogP contribution is 2.54. The fourth-order valence-electron chi connectivity index (χ4n) is 4.17. The van der Waals surface area contributed by atoms with Crippen LogP contribution in [0.25, 0.3) is 0 Å². The fourth-order valence-corrected chi connectivity index (χ4v) is 4.17. The van der Waals surface area contributed by atoms with Crippen LogP contribution in [0.3, 0.4) is 0 Å². The quantitative estimate of drug-likeness (QED) is 0.798. The number of ether oxygens (including phenoxy) is 1. The van der Waals surface area contributed by atoms with E-state index in [2.05, 4.69) is 0 Å². The van der Waals surface area contributed by atoms with E-state index in [1.807, 2.05) is 0 Å². The van der Waals surface area contributed by atoms with Crippen LogP contribution in [-0.4, -0.2) is 18.8 Å². The predicted octanol–water partition coefficient (Wildman–Crippen LogP) is 2.85. The van der Waals surface area contributed by atoms with Crippen LogP contribution in [0, 0.1) is 11.3 Å². The van der Waals surface area contributed by atoms with E-state index in [1.54, 1.807) is 0 Å². The first-order valence-corrected chi connectivity index (χ1v) is 7.18. The Morgan fingerprint density at radius 1 is 1.06 bits per heavy atom. The minimum absolute atomic E-state index is 0.401. The number of rotatable bonds is 3. The summed E-state index contributed by atoms with van der Waals surface area (Å²) in [5, 5.41) is 0. The highest BCUT2D eigenvalue weighted by atomic mass is 16.5. The lowest BCUT2D eigenvalue weighted by atomic mass is 9.61. The Kier molecular flexibility index (Phi) is 2.97. The van der Waals surface area contributed by atoms with Gasteiger partial charge in [0.15, 0.2) is 0 Å². The molecule has 0 heterocycles. The van der Waals surface area contributed by atoms with Gasteiger partial charge in [0.2, 0.25) is 0 Å². The molecule has 0 saturated heterocycles. The fraction of sp³-hybridized carbons (Fsp3) is 1.00. The van der Waals surface area contributed by atoms with E-state index in [4.69, 9.17) is 10.5 Å². The lowest BCUT2D eigenvalue weighted by Gasteiger charge is -2.52. The van der Waals surface area contributed by atoms with Crippen molar-refractivity contribution in [1.29, 1.82) is 0 Å². The second-order valence-corrected chi connectivity index (χ2v) is 6.25. The Labute approximate surface area is 98.9 Å². The van der Waals surface area contributed by atoms with Gasteiger partial charge in [-0.05, 0) is 38.0 Å². The molecule has 3 fully saturated rings. The van der Waals surface area contributed by atoms with Crippen molar-refractivity contribution < 1.29 is 4.74 Å². The molecule has 2 atom stereocenters. The van der Waals surface area contributed by atoms with Crippen molar-refractivity contribution in [2.24, 2.45) is 17.1 Å². The zero-order chi connectivity index (χ0) is 11.0. The molecule has 3 saturated carbocycles. The number of nitrogens with two attached hydrogens (primary N) is 1. The first kappa shape index (κ1) is 11.0. The molecule has 3 aliphatic rings. The third kappa shape index (κ3) is 1.70. The smallest absolute Gasteiger partial charge is 0.0661 e. The number of hydrogen-bond donors (Lipinski definition) is 1. The molecule has 16 heavy (non-hydrogen) atoms. The third-order valence-electron chi connectivity index (χ3n) is 5.39. The van der Waals surface area contributed by atoms with Gasteiger partial charge in [-0.3, -0.25) is 0 Å². The molecule has 0 aromatic rings. The van der Waals surface area contributed by atoms with Crippen molar-refractivity contribution in [3.05, 3.63) is 0 Å². The summed E-state index contributed by atoms with van der Waals surface area (Å²) in [5.74, 6) is 0.857. The topological polar surface area (TPSA) is 35.2 Å². The Hall–Kier alpha value is -0.0800. The molecule has 1 spiro atoms.